The van der Waals surface area contributed by atoms with Crippen LogP contribution in [0.25, 0.3) is 11.1 Å². The van der Waals surface area contributed by atoms with Crippen molar-refractivity contribution in [3.8, 4) is 16.9 Å². The van der Waals surface area contributed by atoms with E-state index in [9.17, 15) is 4.79 Å². The number of hydrogen-bond donors (Lipinski definition) is 1. The first-order chi connectivity index (χ1) is 12.2. The molecule has 0 spiro atoms. The molecule has 2 aromatic rings. The molecule has 0 unspecified atom stereocenters. The van der Waals surface area contributed by atoms with Gasteiger partial charge in [-0.2, -0.15) is 0 Å². The summed E-state index contributed by atoms with van der Waals surface area (Å²) in [5, 5.41) is 3.22. The Morgan fingerprint density at radius 2 is 1.81 bits per heavy atom. The van der Waals surface area contributed by atoms with E-state index in [1.807, 2.05) is 42.3 Å². The smallest absolute Gasteiger partial charge is 0.255 e. The van der Waals surface area contributed by atoms with Crippen LogP contribution in [0.4, 0.5) is 0 Å². The van der Waals surface area contributed by atoms with Gasteiger partial charge in [-0.3, -0.25) is 9.78 Å². The molecule has 0 bridgehead atoms. The molecule has 3 rings (SSSR count). The molecule has 1 saturated heterocycles. The molecule has 1 fully saturated rings. The fourth-order valence-electron chi connectivity index (χ4n) is 3.31. The van der Waals surface area contributed by atoms with E-state index in [2.05, 4.69) is 10.3 Å². The van der Waals surface area contributed by atoms with E-state index in [4.69, 9.17) is 4.74 Å². The second kappa shape index (κ2) is 11.1. The third-order valence-corrected chi connectivity index (χ3v) is 4.80. The second-order valence-electron chi connectivity index (χ2n) is 6.48. The lowest BCUT2D eigenvalue weighted by molar-refractivity contribution is 0.0690. The summed E-state index contributed by atoms with van der Waals surface area (Å²) in [5.74, 6) is 1.55. The first-order valence-electron chi connectivity index (χ1n) is 8.74. The zero-order valence-electron chi connectivity index (χ0n) is 15.7. The highest BCUT2D eigenvalue weighted by Crippen LogP contribution is 2.24. The van der Waals surface area contributed by atoms with Crippen LogP contribution < -0.4 is 10.1 Å². The van der Waals surface area contributed by atoms with Crippen molar-refractivity contribution in [3.63, 3.8) is 0 Å². The monoisotopic (exact) mass is 411 g/mol. The Balaban J connectivity index is 0.00000182. The van der Waals surface area contributed by atoms with E-state index in [1.54, 1.807) is 19.5 Å². The quantitative estimate of drug-likeness (QED) is 0.814. The number of methoxy groups -OCH3 is 1. The van der Waals surface area contributed by atoms with Gasteiger partial charge in [0.2, 0.25) is 0 Å². The average molecular weight is 412 g/mol. The molecule has 0 radical (unpaired) electrons. The van der Waals surface area contributed by atoms with Gasteiger partial charge in [0.05, 0.1) is 12.7 Å². The number of aromatic nitrogens is 1. The summed E-state index contributed by atoms with van der Waals surface area (Å²) in [5.41, 5.74) is 2.62. The van der Waals surface area contributed by atoms with E-state index in [0.717, 1.165) is 49.4 Å². The standard InChI is InChI=1S/C20H25N3O2.2ClH/c1-21-12-15-7-9-23(10-8-15)20(24)18-11-17(13-22-14-18)16-3-5-19(25-2)6-4-16;;/h3-6,11,13-15,21H,7-10,12H2,1-2H3;2*1H. The van der Waals surface area contributed by atoms with Crippen molar-refractivity contribution in [2.75, 3.05) is 33.8 Å². The molecule has 0 saturated carbocycles. The van der Waals surface area contributed by atoms with Crippen molar-refractivity contribution >= 4 is 30.7 Å². The molecule has 148 valence electrons. The molecule has 7 heteroatoms. The van der Waals surface area contributed by atoms with Crippen LogP contribution in [0.5, 0.6) is 5.75 Å². The van der Waals surface area contributed by atoms with E-state index in [1.165, 1.54) is 0 Å². The lowest BCUT2D eigenvalue weighted by Gasteiger charge is -2.32. The summed E-state index contributed by atoms with van der Waals surface area (Å²) in [6.45, 7) is 2.66. The molecule has 1 aliphatic rings. The summed E-state index contributed by atoms with van der Waals surface area (Å²) in [6, 6.07) is 9.71. The van der Waals surface area contributed by atoms with Crippen molar-refractivity contribution in [1.82, 2.24) is 15.2 Å². The third kappa shape index (κ3) is 5.83. The van der Waals surface area contributed by atoms with Crippen molar-refractivity contribution in [3.05, 3.63) is 48.3 Å². The number of amides is 1. The molecular formula is C20H27Cl2N3O2. The highest BCUT2D eigenvalue weighted by Gasteiger charge is 2.23. The number of piperidine rings is 1. The molecule has 1 aromatic heterocycles. The van der Waals surface area contributed by atoms with Gasteiger partial charge in [0.25, 0.3) is 5.91 Å². The normalized spacial score (nSPS) is 14.1. The molecule has 2 heterocycles. The first kappa shape index (κ1) is 23.2. The minimum absolute atomic E-state index is 0. The average Bonchev–Trinajstić information content (AvgIpc) is 2.68. The maximum atomic E-state index is 12.8. The third-order valence-electron chi connectivity index (χ3n) is 4.80. The predicted octanol–water partition coefficient (Wildman–Crippen LogP) is 3.67. The maximum absolute atomic E-state index is 12.8. The minimum atomic E-state index is 0. The first-order valence-corrected chi connectivity index (χ1v) is 8.74. The fraction of sp³-hybridized carbons (Fsp3) is 0.400. The van der Waals surface area contributed by atoms with Gasteiger partial charge in [0.1, 0.15) is 5.75 Å². The van der Waals surface area contributed by atoms with Gasteiger partial charge >= 0.3 is 0 Å². The van der Waals surface area contributed by atoms with Crippen molar-refractivity contribution in [2.45, 2.75) is 12.8 Å². The Morgan fingerprint density at radius 1 is 1.15 bits per heavy atom. The van der Waals surface area contributed by atoms with Gasteiger partial charge in [-0.25, -0.2) is 0 Å². The zero-order chi connectivity index (χ0) is 17.6. The highest BCUT2D eigenvalue weighted by atomic mass is 35.5. The van der Waals surface area contributed by atoms with E-state index < -0.39 is 0 Å². The molecule has 5 nitrogen and oxygen atoms in total. The van der Waals surface area contributed by atoms with Crippen molar-refractivity contribution in [1.29, 1.82) is 0 Å². The number of benzene rings is 1. The van der Waals surface area contributed by atoms with Crippen LogP contribution in [-0.2, 0) is 0 Å². The van der Waals surface area contributed by atoms with Gasteiger partial charge in [-0.05, 0) is 56.1 Å². The number of likely N-dealkylation sites (tertiary alicyclic amines) is 1. The number of halogens is 2. The number of nitrogens with one attached hydrogen (secondary N) is 1. The lowest BCUT2D eigenvalue weighted by Crippen LogP contribution is -2.40. The topological polar surface area (TPSA) is 54.5 Å². The van der Waals surface area contributed by atoms with E-state index in [-0.39, 0.29) is 30.7 Å². The zero-order valence-corrected chi connectivity index (χ0v) is 17.3. The largest absolute Gasteiger partial charge is 0.497 e. The van der Waals surface area contributed by atoms with Crippen LogP contribution in [0.3, 0.4) is 0 Å². The molecule has 0 atom stereocenters. The van der Waals surface area contributed by atoms with Gasteiger partial charge < -0.3 is 15.0 Å². The summed E-state index contributed by atoms with van der Waals surface area (Å²) in [6.07, 6.45) is 5.56. The highest BCUT2D eigenvalue weighted by molar-refractivity contribution is 5.95. The molecule has 1 N–H and O–H groups in total. The molecule has 1 aromatic carbocycles. The number of pyridine rings is 1. The number of rotatable bonds is 5. The summed E-state index contributed by atoms with van der Waals surface area (Å²) in [7, 11) is 3.63. The molecule has 1 amide bonds. The van der Waals surface area contributed by atoms with Gasteiger partial charge in [0, 0.05) is 31.0 Å². The Kier molecular flexibility index (Phi) is 9.56. The SMILES string of the molecule is CNCC1CCN(C(=O)c2cncc(-c3ccc(OC)cc3)c2)CC1.Cl.Cl. The fourth-order valence-corrected chi connectivity index (χ4v) is 3.31. The Hall–Kier alpha value is -1.82. The summed E-state index contributed by atoms with van der Waals surface area (Å²) in [4.78, 5) is 19.0. The predicted molar refractivity (Wildman–Crippen MR) is 113 cm³/mol. The number of carbonyl (C=O) groups is 1. The van der Waals surface area contributed by atoms with E-state index >= 15 is 0 Å². The maximum Gasteiger partial charge on any atom is 0.255 e. The second-order valence-corrected chi connectivity index (χ2v) is 6.48. The molecular weight excluding hydrogens is 385 g/mol. The summed E-state index contributed by atoms with van der Waals surface area (Å²) >= 11 is 0. The van der Waals surface area contributed by atoms with Crippen molar-refractivity contribution in [2.24, 2.45) is 5.92 Å². The summed E-state index contributed by atoms with van der Waals surface area (Å²) < 4.78 is 5.19. The number of carbonyl (C=O) groups excluding carboxylic acids is 1. The Morgan fingerprint density at radius 3 is 2.41 bits per heavy atom. The van der Waals surface area contributed by atoms with Crippen LogP contribution in [0, 0.1) is 5.92 Å². The molecule has 27 heavy (non-hydrogen) atoms. The van der Waals surface area contributed by atoms with Crippen LogP contribution in [-0.4, -0.2) is 49.6 Å². The van der Waals surface area contributed by atoms with Crippen molar-refractivity contribution < 1.29 is 9.53 Å². The van der Waals surface area contributed by atoms with E-state index in [0.29, 0.717) is 11.5 Å². The Labute approximate surface area is 173 Å². The lowest BCUT2D eigenvalue weighted by atomic mass is 9.96. The molecule has 0 aliphatic carbocycles. The van der Waals surface area contributed by atoms with Gasteiger partial charge in [0.15, 0.2) is 0 Å². The molecule has 1 aliphatic heterocycles. The van der Waals surface area contributed by atoms with Crippen LogP contribution in [0.2, 0.25) is 0 Å². The number of nitrogens with zero attached hydrogens (tertiary/aromatic N) is 2. The van der Waals surface area contributed by atoms with Crippen LogP contribution in [0.1, 0.15) is 23.2 Å². The van der Waals surface area contributed by atoms with Gasteiger partial charge in [-0.15, -0.1) is 24.8 Å². The number of ether oxygens (including phenoxy) is 1. The minimum Gasteiger partial charge on any atom is -0.497 e. The Bertz CT molecular complexity index is 717. The van der Waals surface area contributed by atoms with Gasteiger partial charge in [-0.1, -0.05) is 12.1 Å². The van der Waals surface area contributed by atoms with Crippen LogP contribution >= 0.6 is 24.8 Å². The number of hydrogen-bond acceptors (Lipinski definition) is 4. The van der Waals surface area contributed by atoms with Crippen LogP contribution in [0.15, 0.2) is 42.7 Å².